The van der Waals surface area contributed by atoms with Gasteiger partial charge in [-0.3, -0.25) is 0 Å². The smallest absolute Gasteiger partial charge is 0.209 e. The van der Waals surface area contributed by atoms with E-state index in [9.17, 15) is 8.42 Å². The summed E-state index contributed by atoms with van der Waals surface area (Å²) in [6, 6.07) is 17.0. The molecule has 3 rings (SSSR count). The van der Waals surface area contributed by atoms with Gasteiger partial charge in [-0.2, -0.15) is 0 Å². The summed E-state index contributed by atoms with van der Waals surface area (Å²) >= 11 is 0. The van der Waals surface area contributed by atoms with Crippen LogP contribution in [0.25, 0.3) is 11.1 Å². The number of hydrogen-bond donors (Lipinski definition) is 1. The molecule has 1 aliphatic heterocycles. The Labute approximate surface area is 175 Å². The second-order valence-corrected chi connectivity index (χ2v) is 10.0. The maximum atomic E-state index is 11.6. The fourth-order valence-electron chi connectivity index (χ4n) is 3.85. The SMILES string of the molecule is CC(C)CN(c1ccc(CNS(C)(=O)=O)c(-c2ccccc2)c1)C1CCOCC1. The van der Waals surface area contributed by atoms with Gasteiger partial charge in [0, 0.05) is 38.0 Å². The Bertz CT molecular complexity index is 892. The molecule has 0 bridgehead atoms. The van der Waals surface area contributed by atoms with E-state index in [2.05, 4.69) is 53.8 Å². The number of anilines is 1. The van der Waals surface area contributed by atoms with Gasteiger partial charge in [0.05, 0.1) is 6.26 Å². The molecule has 0 spiro atoms. The van der Waals surface area contributed by atoms with Crippen LogP contribution in [0, 0.1) is 5.92 Å². The van der Waals surface area contributed by atoms with Crippen molar-refractivity contribution in [3.8, 4) is 11.1 Å². The molecular formula is C23H32N2O3S. The largest absolute Gasteiger partial charge is 0.381 e. The van der Waals surface area contributed by atoms with E-state index in [4.69, 9.17) is 4.74 Å². The number of rotatable bonds is 8. The Hall–Kier alpha value is -1.89. The van der Waals surface area contributed by atoms with Gasteiger partial charge in [0.2, 0.25) is 10.0 Å². The maximum Gasteiger partial charge on any atom is 0.209 e. The molecule has 0 aromatic heterocycles. The lowest BCUT2D eigenvalue weighted by Gasteiger charge is -2.37. The third-order valence-corrected chi connectivity index (χ3v) is 5.90. The summed E-state index contributed by atoms with van der Waals surface area (Å²) in [6.45, 7) is 7.37. The van der Waals surface area contributed by atoms with Crippen LogP contribution in [0.2, 0.25) is 0 Å². The van der Waals surface area contributed by atoms with Gasteiger partial charge in [0.1, 0.15) is 0 Å². The minimum Gasteiger partial charge on any atom is -0.381 e. The molecule has 1 aliphatic rings. The van der Waals surface area contributed by atoms with Crippen LogP contribution in [-0.4, -0.2) is 40.5 Å². The van der Waals surface area contributed by atoms with Crippen LogP contribution in [0.3, 0.4) is 0 Å². The molecule has 2 aromatic carbocycles. The normalized spacial score (nSPS) is 15.6. The molecule has 2 aromatic rings. The fourth-order valence-corrected chi connectivity index (χ4v) is 4.27. The molecule has 1 fully saturated rings. The molecule has 29 heavy (non-hydrogen) atoms. The molecule has 158 valence electrons. The first-order chi connectivity index (χ1) is 13.8. The number of nitrogens with one attached hydrogen (secondary N) is 1. The molecule has 1 N–H and O–H groups in total. The molecule has 5 nitrogen and oxygen atoms in total. The fraction of sp³-hybridized carbons (Fsp3) is 0.478. The van der Waals surface area contributed by atoms with Crippen molar-refractivity contribution in [3.05, 3.63) is 54.1 Å². The van der Waals surface area contributed by atoms with Gasteiger partial charge in [0.25, 0.3) is 0 Å². The molecule has 0 atom stereocenters. The van der Waals surface area contributed by atoms with Gasteiger partial charge >= 0.3 is 0 Å². The molecule has 0 aliphatic carbocycles. The third-order valence-electron chi connectivity index (χ3n) is 5.23. The van der Waals surface area contributed by atoms with E-state index in [0.29, 0.717) is 12.0 Å². The van der Waals surface area contributed by atoms with E-state index in [1.807, 2.05) is 18.2 Å². The quantitative estimate of drug-likeness (QED) is 0.705. The van der Waals surface area contributed by atoms with E-state index in [1.165, 1.54) is 11.9 Å². The van der Waals surface area contributed by atoms with Crippen molar-refractivity contribution < 1.29 is 13.2 Å². The second-order valence-electron chi connectivity index (χ2n) is 8.19. The van der Waals surface area contributed by atoms with Crippen molar-refractivity contribution in [1.82, 2.24) is 4.72 Å². The zero-order valence-electron chi connectivity index (χ0n) is 17.6. The minimum absolute atomic E-state index is 0.283. The van der Waals surface area contributed by atoms with Crippen LogP contribution in [0.1, 0.15) is 32.3 Å². The van der Waals surface area contributed by atoms with Crippen LogP contribution in [0.15, 0.2) is 48.5 Å². The highest BCUT2D eigenvalue weighted by Crippen LogP contribution is 2.31. The number of hydrogen-bond acceptors (Lipinski definition) is 4. The van der Waals surface area contributed by atoms with Crippen molar-refractivity contribution in [2.24, 2.45) is 5.92 Å². The first kappa shape index (κ1) is 21.8. The van der Waals surface area contributed by atoms with Crippen molar-refractivity contribution >= 4 is 15.7 Å². The third kappa shape index (κ3) is 6.29. The summed E-state index contributed by atoms with van der Waals surface area (Å²) < 4.78 is 31.5. The van der Waals surface area contributed by atoms with Gasteiger partial charge in [-0.1, -0.05) is 50.2 Å². The summed E-state index contributed by atoms with van der Waals surface area (Å²) in [5.74, 6) is 0.546. The Balaban J connectivity index is 1.99. The van der Waals surface area contributed by atoms with Crippen LogP contribution in [-0.2, 0) is 21.3 Å². The number of benzene rings is 2. The Kier molecular flexibility index (Phi) is 7.33. The number of nitrogens with zero attached hydrogens (tertiary/aromatic N) is 1. The highest BCUT2D eigenvalue weighted by atomic mass is 32.2. The van der Waals surface area contributed by atoms with Crippen LogP contribution >= 0.6 is 0 Å². The number of sulfonamides is 1. The lowest BCUT2D eigenvalue weighted by atomic mass is 9.97. The lowest BCUT2D eigenvalue weighted by Crippen LogP contribution is -2.41. The molecule has 0 unspecified atom stereocenters. The van der Waals surface area contributed by atoms with Crippen molar-refractivity contribution in [1.29, 1.82) is 0 Å². The Morgan fingerprint density at radius 1 is 1.10 bits per heavy atom. The summed E-state index contributed by atoms with van der Waals surface area (Å²) in [4.78, 5) is 2.51. The van der Waals surface area contributed by atoms with Crippen LogP contribution < -0.4 is 9.62 Å². The molecule has 0 amide bonds. The van der Waals surface area contributed by atoms with E-state index < -0.39 is 10.0 Å². The summed E-state index contributed by atoms with van der Waals surface area (Å²) in [5, 5.41) is 0. The zero-order valence-corrected chi connectivity index (χ0v) is 18.4. The summed E-state index contributed by atoms with van der Waals surface area (Å²) in [5.41, 5.74) is 4.32. The van der Waals surface area contributed by atoms with E-state index in [1.54, 1.807) is 0 Å². The average molecular weight is 417 g/mol. The summed E-state index contributed by atoms with van der Waals surface area (Å²) in [7, 11) is -3.26. The topological polar surface area (TPSA) is 58.6 Å². The first-order valence-corrected chi connectivity index (χ1v) is 12.2. The zero-order chi connectivity index (χ0) is 20.9. The van der Waals surface area contributed by atoms with Gasteiger partial charge < -0.3 is 9.64 Å². The molecular weight excluding hydrogens is 384 g/mol. The highest BCUT2D eigenvalue weighted by Gasteiger charge is 2.23. The van der Waals surface area contributed by atoms with Gasteiger partial charge in [-0.15, -0.1) is 0 Å². The monoisotopic (exact) mass is 416 g/mol. The van der Waals surface area contributed by atoms with E-state index in [0.717, 1.165) is 49.3 Å². The van der Waals surface area contributed by atoms with Gasteiger partial charge in [0.15, 0.2) is 0 Å². The minimum atomic E-state index is -3.26. The van der Waals surface area contributed by atoms with Crippen molar-refractivity contribution in [2.75, 3.05) is 30.9 Å². The molecule has 0 saturated carbocycles. The predicted molar refractivity (Wildman–Crippen MR) is 120 cm³/mol. The van der Waals surface area contributed by atoms with Crippen molar-refractivity contribution in [3.63, 3.8) is 0 Å². The average Bonchev–Trinajstić information content (AvgIpc) is 2.71. The van der Waals surface area contributed by atoms with Crippen LogP contribution in [0.4, 0.5) is 5.69 Å². The second kappa shape index (κ2) is 9.74. The Morgan fingerprint density at radius 2 is 1.79 bits per heavy atom. The van der Waals surface area contributed by atoms with Crippen LogP contribution in [0.5, 0.6) is 0 Å². The van der Waals surface area contributed by atoms with E-state index in [-0.39, 0.29) is 6.54 Å². The van der Waals surface area contributed by atoms with Crippen molar-refractivity contribution in [2.45, 2.75) is 39.3 Å². The molecule has 6 heteroatoms. The number of ether oxygens (including phenoxy) is 1. The van der Waals surface area contributed by atoms with Gasteiger partial charge in [-0.25, -0.2) is 13.1 Å². The Morgan fingerprint density at radius 3 is 2.41 bits per heavy atom. The summed E-state index contributed by atoms with van der Waals surface area (Å²) in [6.07, 6.45) is 3.26. The highest BCUT2D eigenvalue weighted by molar-refractivity contribution is 7.88. The van der Waals surface area contributed by atoms with Gasteiger partial charge in [-0.05, 0) is 47.6 Å². The first-order valence-electron chi connectivity index (χ1n) is 10.3. The lowest BCUT2D eigenvalue weighted by molar-refractivity contribution is 0.0839. The molecule has 1 heterocycles. The predicted octanol–water partition coefficient (Wildman–Crippen LogP) is 4.04. The molecule has 1 saturated heterocycles. The maximum absolute atomic E-state index is 11.6. The standard InChI is InChI=1S/C23H32N2O3S/c1-18(2)17-25(21-11-13-28-14-12-21)22-10-9-20(16-24-29(3,26)27)23(15-22)19-7-5-4-6-8-19/h4-10,15,18,21,24H,11-14,16-17H2,1-3H3. The molecule has 0 radical (unpaired) electrons. The van der Waals surface area contributed by atoms with E-state index >= 15 is 0 Å².